The average molecular weight is 589 g/mol. The quantitative estimate of drug-likeness (QED) is 0.0482. The van der Waals surface area contributed by atoms with Crippen LogP contribution in [0.2, 0.25) is 0 Å². The number of rotatable bonds is 32. The van der Waals surface area contributed by atoms with Crippen LogP contribution < -0.4 is 0 Å². The van der Waals surface area contributed by atoms with Crippen LogP contribution in [0.4, 0.5) is 0 Å². The van der Waals surface area contributed by atoms with E-state index >= 15 is 0 Å². The standard InChI is InChI=1S/C38H68O4/c1-3-5-7-8-9-10-11-12-13-14-15-16-17-18-19-20-25-28-31-35-38(41)42-36(32-6-4-2)33-29-26-23-21-22-24-27-30-34-37(39)40/h5,7,9-10,12-13,36H,3-4,6,8,11,14-35H2,1-2H3,(H,39,40)/b7-5-,10-9-,13-12-. The van der Waals surface area contributed by atoms with Crippen molar-refractivity contribution in [2.75, 3.05) is 0 Å². The summed E-state index contributed by atoms with van der Waals surface area (Å²) in [6, 6.07) is 0. The van der Waals surface area contributed by atoms with E-state index in [9.17, 15) is 9.59 Å². The maximum atomic E-state index is 12.4. The van der Waals surface area contributed by atoms with E-state index < -0.39 is 5.97 Å². The third-order valence-electron chi connectivity index (χ3n) is 7.88. The van der Waals surface area contributed by atoms with E-state index in [1.54, 1.807) is 0 Å². The Morgan fingerprint density at radius 2 is 1.00 bits per heavy atom. The van der Waals surface area contributed by atoms with Gasteiger partial charge in [-0.1, -0.05) is 147 Å². The number of hydrogen-bond donors (Lipinski definition) is 1. The molecule has 0 aliphatic rings. The predicted octanol–water partition coefficient (Wildman–Crippen LogP) is 12.2. The van der Waals surface area contributed by atoms with Gasteiger partial charge in [0.2, 0.25) is 0 Å². The molecule has 0 aromatic rings. The lowest BCUT2D eigenvalue weighted by molar-refractivity contribution is -0.150. The van der Waals surface area contributed by atoms with Gasteiger partial charge in [-0.3, -0.25) is 9.59 Å². The first kappa shape index (κ1) is 40.2. The highest BCUT2D eigenvalue weighted by atomic mass is 16.5. The Balaban J connectivity index is 3.64. The summed E-state index contributed by atoms with van der Waals surface area (Å²) in [6.45, 7) is 4.36. The summed E-state index contributed by atoms with van der Waals surface area (Å²) < 4.78 is 5.88. The number of carbonyl (C=O) groups is 2. The lowest BCUT2D eigenvalue weighted by Crippen LogP contribution is -2.18. The smallest absolute Gasteiger partial charge is 0.306 e. The molecule has 42 heavy (non-hydrogen) atoms. The Bertz CT molecular complexity index is 679. The molecule has 0 saturated heterocycles. The first-order valence-electron chi connectivity index (χ1n) is 18.0. The summed E-state index contributed by atoms with van der Waals surface area (Å²) in [5.41, 5.74) is 0. The fraction of sp³-hybridized carbons (Fsp3) is 0.789. The molecule has 1 unspecified atom stereocenters. The second kappa shape index (κ2) is 33.7. The van der Waals surface area contributed by atoms with Crippen LogP contribution in [0.15, 0.2) is 36.5 Å². The summed E-state index contributed by atoms with van der Waals surface area (Å²) in [5, 5.41) is 8.68. The number of allylic oxidation sites excluding steroid dienone is 6. The van der Waals surface area contributed by atoms with Gasteiger partial charge in [0.15, 0.2) is 0 Å². The zero-order valence-electron chi connectivity index (χ0n) is 27.8. The number of carbonyl (C=O) groups excluding carboxylic acids is 1. The predicted molar refractivity (Wildman–Crippen MR) is 181 cm³/mol. The highest BCUT2D eigenvalue weighted by Crippen LogP contribution is 2.18. The second-order valence-electron chi connectivity index (χ2n) is 12.0. The Labute approximate surface area is 260 Å². The molecular weight excluding hydrogens is 520 g/mol. The van der Waals surface area contributed by atoms with Crippen LogP contribution in [-0.2, 0) is 14.3 Å². The first-order chi connectivity index (χ1) is 20.6. The maximum absolute atomic E-state index is 12.4. The molecule has 0 bridgehead atoms. The molecule has 0 aromatic carbocycles. The summed E-state index contributed by atoms with van der Waals surface area (Å²) in [5.74, 6) is -0.679. The number of unbranched alkanes of at least 4 members (excludes halogenated alkanes) is 17. The second-order valence-corrected chi connectivity index (χ2v) is 12.0. The number of carboxylic acids is 1. The van der Waals surface area contributed by atoms with Crippen LogP contribution in [0.25, 0.3) is 0 Å². The molecule has 0 aromatic heterocycles. The van der Waals surface area contributed by atoms with E-state index in [-0.39, 0.29) is 12.1 Å². The van der Waals surface area contributed by atoms with Crippen molar-refractivity contribution in [1.82, 2.24) is 0 Å². The lowest BCUT2D eigenvalue weighted by Gasteiger charge is -2.18. The Morgan fingerprint density at radius 3 is 1.55 bits per heavy atom. The first-order valence-corrected chi connectivity index (χ1v) is 18.0. The molecule has 0 saturated carbocycles. The van der Waals surface area contributed by atoms with Crippen molar-refractivity contribution in [3.8, 4) is 0 Å². The summed E-state index contributed by atoms with van der Waals surface area (Å²) >= 11 is 0. The van der Waals surface area contributed by atoms with E-state index in [2.05, 4.69) is 50.3 Å². The van der Waals surface area contributed by atoms with Crippen molar-refractivity contribution in [1.29, 1.82) is 0 Å². The van der Waals surface area contributed by atoms with E-state index in [1.807, 2.05) is 0 Å². The van der Waals surface area contributed by atoms with Crippen molar-refractivity contribution in [2.24, 2.45) is 0 Å². The lowest BCUT2D eigenvalue weighted by atomic mass is 10.0. The molecule has 0 rings (SSSR count). The molecule has 0 spiro atoms. The highest BCUT2D eigenvalue weighted by molar-refractivity contribution is 5.69. The summed E-state index contributed by atoms with van der Waals surface area (Å²) in [4.78, 5) is 23.0. The van der Waals surface area contributed by atoms with Gasteiger partial charge < -0.3 is 9.84 Å². The van der Waals surface area contributed by atoms with Gasteiger partial charge in [-0.15, -0.1) is 0 Å². The molecule has 1 atom stereocenters. The van der Waals surface area contributed by atoms with Crippen LogP contribution in [-0.4, -0.2) is 23.1 Å². The van der Waals surface area contributed by atoms with Gasteiger partial charge in [-0.05, 0) is 64.2 Å². The number of hydrogen-bond acceptors (Lipinski definition) is 3. The summed E-state index contributed by atoms with van der Waals surface area (Å²) in [7, 11) is 0. The number of carboxylic acid groups (broad SMARTS) is 1. The van der Waals surface area contributed by atoms with Crippen molar-refractivity contribution in [3.63, 3.8) is 0 Å². The van der Waals surface area contributed by atoms with Crippen LogP contribution in [0.5, 0.6) is 0 Å². The van der Waals surface area contributed by atoms with Crippen molar-refractivity contribution in [3.05, 3.63) is 36.5 Å². The van der Waals surface area contributed by atoms with Crippen molar-refractivity contribution in [2.45, 2.75) is 193 Å². The largest absolute Gasteiger partial charge is 0.481 e. The SMILES string of the molecule is CC/C=C\C/C=C\C/C=C\CCCCCCCCCCCC(=O)OC(CCCC)CCCCCCCCCCC(=O)O. The molecule has 0 radical (unpaired) electrons. The molecule has 4 nitrogen and oxygen atoms in total. The van der Waals surface area contributed by atoms with Gasteiger partial charge in [-0.2, -0.15) is 0 Å². The molecule has 244 valence electrons. The normalized spacial score (nSPS) is 12.6. The topological polar surface area (TPSA) is 63.6 Å². The minimum atomic E-state index is -0.685. The molecule has 0 heterocycles. The molecule has 0 aliphatic heterocycles. The minimum absolute atomic E-state index is 0.00617. The number of esters is 1. The molecule has 4 heteroatoms. The van der Waals surface area contributed by atoms with Gasteiger partial charge in [0.25, 0.3) is 0 Å². The highest BCUT2D eigenvalue weighted by Gasteiger charge is 2.13. The maximum Gasteiger partial charge on any atom is 0.306 e. The average Bonchev–Trinajstić information content (AvgIpc) is 2.97. The zero-order valence-corrected chi connectivity index (χ0v) is 27.8. The van der Waals surface area contributed by atoms with Gasteiger partial charge in [0.1, 0.15) is 6.10 Å². The Hall–Kier alpha value is -1.84. The molecule has 0 fully saturated rings. The van der Waals surface area contributed by atoms with Crippen LogP contribution in [0, 0.1) is 0 Å². The van der Waals surface area contributed by atoms with Gasteiger partial charge >= 0.3 is 11.9 Å². The molecular formula is C38H68O4. The van der Waals surface area contributed by atoms with Crippen molar-refractivity contribution >= 4 is 11.9 Å². The van der Waals surface area contributed by atoms with E-state index in [0.29, 0.717) is 12.8 Å². The fourth-order valence-electron chi connectivity index (χ4n) is 5.24. The van der Waals surface area contributed by atoms with E-state index in [1.165, 1.54) is 77.0 Å². The van der Waals surface area contributed by atoms with Crippen LogP contribution >= 0.6 is 0 Å². The van der Waals surface area contributed by atoms with Gasteiger partial charge in [0.05, 0.1) is 0 Å². The van der Waals surface area contributed by atoms with E-state index in [0.717, 1.165) is 83.5 Å². The van der Waals surface area contributed by atoms with Crippen molar-refractivity contribution < 1.29 is 19.4 Å². The third-order valence-corrected chi connectivity index (χ3v) is 7.88. The van der Waals surface area contributed by atoms with Gasteiger partial charge in [-0.25, -0.2) is 0 Å². The van der Waals surface area contributed by atoms with Gasteiger partial charge in [0, 0.05) is 12.8 Å². The Morgan fingerprint density at radius 1 is 0.548 bits per heavy atom. The molecule has 1 N–H and O–H groups in total. The number of ether oxygens (including phenoxy) is 1. The zero-order chi connectivity index (χ0) is 30.8. The van der Waals surface area contributed by atoms with Crippen LogP contribution in [0.1, 0.15) is 187 Å². The minimum Gasteiger partial charge on any atom is -0.481 e. The molecule has 0 amide bonds. The Kier molecular flexibility index (Phi) is 32.2. The van der Waals surface area contributed by atoms with Crippen LogP contribution in [0.3, 0.4) is 0 Å². The fourth-order valence-corrected chi connectivity index (χ4v) is 5.24. The van der Waals surface area contributed by atoms with E-state index in [4.69, 9.17) is 9.84 Å². The monoisotopic (exact) mass is 589 g/mol. The molecule has 0 aliphatic carbocycles. The number of aliphatic carboxylic acids is 1. The summed E-state index contributed by atoms with van der Waals surface area (Å²) in [6.07, 6.45) is 43.4. The third kappa shape index (κ3) is 32.7.